The Morgan fingerprint density at radius 2 is 1.82 bits per heavy atom. The van der Waals surface area contributed by atoms with Crippen LogP contribution in [0, 0.1) is 0 Å². The minimum Gasteiger partial charge on any atom is -0.493 e. The number of hydrogen-bond acceptors (Lipinski definition) is 5. The molecule has 1 fully saturated rings. The molecule has 2 radical (unpaired) electrons. The number of hydrogen-bond donors (Lipinski definition) is 1. The van der Waals surface area contributed by atoms with Gasteiger partial charge < -0.3 is 14.1 Å². The van der Waals surface area contributed by atoms with Gasteiger partial charge in [-0.3, -0.25) is 14.9 Å². The van der Waals surface area contributed by atoms with Crippen LogP contribution in [-0.4, -0.2) is 48.3 Å². The van der Waals surface area contributed by atoms with Crippen LogP contribution in [0.3, 0.4) is 0 Å². The number of benzene rings is 2. The van der Waals surface area contributed by atoms with Gasteiger partial charge in [0.2, 0.25) is 0 Å². The van der Waals surface area contributed by atoms with E-state index in [4.69, 9.17) is 17.0 Å². The number of nitrogens with one attached hydrogen (secondary N) is 1. The molecule has 0 spiro atoms. The first-order valence-electron chi connectivity index (χ1n) is 12.8. The second-order valence-electron chi connectivity index (χ2n) is 9.63. The Balaban J connectivity index is 1.19. The Hall–Kier alpha value is -4.14. The number of para-hydroxylation sites is 1. The molecular weight excluding hydrogens is 481 g/mol. The van der Waals surface area contributed by atoms with Gasteiger partial charge in [-0.2, -0.15) is 4.99 Å². The van der Waals surface area contributed by atoms with Gasteiger partial charge in [-0.1, -0.05) is 30.3 Å². The van der Waals surface area contributed by atoms with Crippen molar-refractivity contribution in [3.63, 3.8) is 0 Å². The number of furan rings is 1. The van der Waals surface area contributed by atoms with Crippen molar-refractivity contribution in [2.24, 2.45) is 4.99 Å². The van der Waals surface area contributed by atoms with Crippen molar-refractivity contribution in [2.45, 2.75) is 50.5 Å². The van der Waals surface area contributed by atoms with Crippen LogP contribution in [0.4, 0.5) is 4.79 Å². The van der Waals surface area contributed by atoms with Crippen LogP contribution in [-0.2, 0) is 11.3 Å². The maximum atomic E-state index is 13.6. The van der Waals surface area contributed by atoms with Crippen LogP contribution in [0.25, 0.3) is 11.3 Å². The van der Waals surface area contributed by atoms with Crippen molar-refractivity contribution >= 4 is 31.4 Å². The van der Waals surface area contributed by atoms with Crippen molar-refractivity contribution < 1.29 is 23.5 Å². The summed E-state index contributed by atoms with van der Waals surface area (Å²) in [6.45, 7) is 0.832. The zero-order chi connectivity index (χ0) is 26.5. The number of rotatable bonds is 12. The lowest BCUT2D eigenvalue weighted by atomic mass is 9.89. The lowest BCUT2D eigenvalue weighted by Gasteiger charge is -2.31. The molecule has 9 heteroatoms. The van der Waals surface area contributed by atoms with Crippen molar-refractivity contribution in [3.8, 4) is 17.1 Å². The van der Waals surface area contributed by atoms with Gasteiger partial charge in [0.15, 0.2) is 0 Å². The molecular formula is C29H28BN3O5. The van der Waals surface area contributed by atoms with Crippen molar-refractivity contribution in [2.75, 3.05) is 6.61 Å². The summed E-state index contributed by atoms with van der Waals surface area (Å²) in [5.41, 5.74) is 1.98. The van der Waals surface area contributed by atoms with Gasteiger partial charge in [-0.05, 0) is 68.9 Å². The number of imide groups is 1. The highest BCUT2D eigenvalue weighted by molar-refractivity contribution is 6.46. The molecule has 5 rings (SSSR count). The molecule has 4 amide bonds. The molecule has 0 atom stereocenters. The topological polar surface area (TPSA) is 101 Å². The second kappa shape index (κ2) is 11.1. The summed E-state index contributed by atoms with van der Waals surface area (Å²) in [4.78, 5) is 41.7. The number of urea groups is 1. The van der Waals surface area contributed by atoms with E-state index in [0.717, 1.165) is 49.0 Å². The quantitative estimate of drug-likeness (QED) is 0.277. The molecule has 1 aromatic heterocycles. The van der Waals surface area contributed by atoms with E-state index in [-0.39, 0.29) is 11.6 Å². The molecule has 0 bridgehead atoms. The molecule has 38 heavy (non-hydrogen) atoms. The number of carbonyl (C=O) groups is 3. The van der Waals surface area contributed by atoms with Crippen LogP contribution >= 0.6 is 0 Å². The van der Waals surface area contributed by atoms with E-state index in [1.54, 1.807) is 23.3 Å². The molecule has 1 aliphatic heterocycles. The molecule has 192 valence electrons. The highest BCUT2D eigenvalue weighted by Gasteiger charge is 2.45. The number of nitrogens with zero attached hydrogens (tertiary/aromatic N) is 2. The third-order valence-corrected chi connectivity index (χ3v) is 6.82. The van der Waals surface area contributed by atoms with Crippen LogP contribution in [0.15, 0.2) is 76.3 Å². The molecule has 3 aromatic rings. The lowest BCUT2D eigenvalue weighted by Crippen LogP contribution is -2.42. The Labute approximate surface area is 222 Å². The summed E-state index contributed by atoms with van der Waals surface area (Å²) in [6, 6.07) is 18.2. The maximum Gasteiger partial charge on any atom is 0.348 e. The number of ether oxygens (including phenoxy) is 1. The summed E-state index contributed by atoms with van der Waals surface area (Å²) in [6.07, 6.45) is 5.93. The summed E-state index contributed by atoms with van der Waals surface area (Å²) in [7, 11) is 6.55. The smallest absolute Gasteiger partial charge is 0.348 e. The normalized spacial score (nSPS) is 15.6. The van der Waals surface area contributed by atoms with E-state index in [0.29, 0.717) is 30.9 Å². The van der Waals surface area contributed by atoms with E-state index in [2.05, 4.69) is 10.3 Å². The van der Waals surface area contributed by atoms with E-state index < -0.39 is 17.4 Å². The van der Waals surface area contributed by atoms with Gasteiger partial charge in [0.25, 0.3) is 11.8 Å². The van der Waals surface area contributed by atoms with Crippen molar-refractivity contribution in [1.82, 2.24) is 10.2 Å². The molecule has 1 N–H and O–H groups in total. The van der Waals surface area contributed by atoms with Crippen LogP contribution in [0.1, 0.15) is 54.4 Å². The van der Waals surface area contributed by atoms with Crippen LogP contribution < -0.4 is 10.1 Å². The molecule has 1 aliphatic carbocycles. The first-order valence-corrected chi connectivity index (χ1v) is 12.8. The largest absolute Gasteiger partial charge is 0.493 e. The fourth-order valence-corrected chi connectivity index (χ4v) is 4.44. The van der Waals surface area contributed by atoms with Gasteiger partial charge in [0, 0.05) is 28.7 Å². The molecule has 2 aliphatic rings. The molecule has 2 heterocycles. The van der Waals surface area contributed by atoms with E-state index in [1.165, 1.54) is 0 Å². The molecule has 2 aromatic carbocycles. The van der Waals surface area contributed by atoms with Gasteiger partial charge >= 0.3 is 6.03 Å². The second-order valence-corrected chi connectivity index (χ2v) is 9.63. The van der Waals surface area contributed by atoms with E-state index in [9.17, 15) is 14.4 Å². The Morgan fingerprint density at radius 3 is 2.50 bits per heavy atom. The van der Waals surface area contributed by atoms with Gasteiger partial charge in [0.1, 0.15) is 25.1 Å². The minimum absolute atomic E-state index is 0.122. The predicted octanol–water partition coefficient (Wildman–Crippen LogP) is 4.88. The predicted molar refractivity (Wildman–Crippen MR) is 143 cm³/mol. The van der Waals surface area contributed by atoms with Gasteiger partial charge in [-0.15, -0.1) is 0 Å². The summed E-state index contributed by atoms with van der Waals surface area (Å²) in [5.74, 6) is 0.939. The van der Waals surface area contributed by atoms with Gasteiger partial charge in [0.05, 0.1) is 12.9 Å². The van der Waals surface area contributed by atoms with Crippen LogP contribution in [0.2, 0.25) is 0 Å². The highest BCUT2D eigenvalue weighted by atomic mass is 16.5. The minimum atomic E-state index is -0.666. The molecule has 8 nitrogen and oxygen atoms in total. The average Bonchev–Trinajstić information content (AvgIpc) is 3.29. The molecule has 1 saturated carbocycles. The van der Waals surface area contributed by atoms with Crippen molar-refractivity contribution in [3.05, 3.63) is 78.1 Å². The summed E-state index contributed by atoms with van der Waals surface area (Å²) in [5, 5.41) is 2.16. The summed E-state index contributed by atoms with van der Waals surface area (Å²) < 4.78 is 11.5. The number of unbranched alkanes of at least 4 members (excludes halogenated alkanes) is 2. The lowest BCUT2D eigenvalue weighted by molar-refractivity contribution is -0.113. The van der Waals surface area contributed by atoms with Crippen LogP contribution in [0.5, 0.6) is 5.75 Å². The average molecular weight is 509 g/mol. The fourth-order valence-electron chi connectivity index (χ4n) is 4.44. The molecule has 0 unspecified atom stereocenters. The fraction of sp³-hybridized carbons (Fsp3) is 0.310. The monoisotopic (exact) mass is 509 g/mol. The Morgan fingerprint density at radius 1 is 1.03 bits per heavy atom. The number of carbonyl (C=O) groups excluding carboxylic acids is 3. The molecule has 0 saturated heterocycles. The Kier molecular flexibility index (Phi) is 7.44. The summed E-state index contributed by atoms with van der Waals surface area (Å²) >= 11 is 0. The SMILES string of the molecule is [B]C1(N(Cc2ccccc2OCCCCCC2=NC(=O)NC2=O)C(=O)c2ccc(-c3ccco3)cc2)CC1. The first kappa shape index (κ1) is 25.5. The maximum absolute atomic E-state index is 13.6. The number of aliphatic imine (C=N–C) groups is 1. The zero-order valence-electron chi connectivity index (χ0n) is 21.0. The standard InChI is InChI=1S/C29H28BN3O5/c30-29(15-16-29)33(27(35)21-13-11-20(12-14-21)24-10-6-18-38-24)19-22-7-3-4-9-25(22)37-17-5-1-2-8-23-26(34)32-28(36)31-23/h3-4,6-7,9-14,18H,1-2,5,8,15-17,19H2,(H,32,34,36). The number of amides is 4. The zero-order valence-corrected chi connectivity index (χ0v) is 21.0. The first-order chi connectivity index (χ1) is 18.4. The van der Waals surface area contributed by atoms with E-state index in [1.807, 2.05) is 48.5 Å². The van der Waals surface area contributed by atoms with Crippen molar-refractivity contribution in [1.29, 1.82) is 0 Å². The van der Waals surface area contributed by atoms with Gasteiger partial charge in [-0.25, -0.2) is 4.79 Å². The Bertz CT molecular complexity index is 1350. The highest BCUT2D eigenvalue weighted by Crippen LogP contribution is 2.41. The van der Waals surface area contributed by atoms with E-state index >= 15 is 0 Å². The third kappa shape index (κ3) is 5.88. The third-order valence-electron chi connectivity index (χ3n) is 6.82.